The predicted octanol–water partition coefficient (Wildman–Crippen LogP) is 3.36. The number of para-hydroxylation sites is 2. The molecule has 0 saturated carbocycles. The highest BCUT2D eigenvalue weighted by Crippen LogP contribution is 2.16. The van der Waals surface area contributed by atoms with Crippen molar-refractivity contribution >= 4 is 28.7 Å². The summed E-state index contributed by atoms with van der Waals surface area (Å²) >= 11 is 0. The fraction of sp³-hybridized carbons (Fsp3) is 0.111. The van der Waals surface area contributed by atoms with E-state index in [0.717, 1.165) is 11.0 Å². The fourth-order valence-corrected chi connectivity index (χ4v) is 2.42. The maximum Gasteiger partial charge on any atom is 0.270 e. The van der Waals surface area contributed by atoms with Gasteiger partial charge in [0.1, 0.15) is 5.82 Å². The third kappa shape index (κ3) is 3.89. The minimum Gasteiger partial charge on any atom is -0.343 e. The standard InChI is InChI=1S/C18H16N4O3/c1-12(18-20-15-7-2-3-8-16(15)21-18)19-17(23)10-9-13-5-4-6-14(11-13)22(24)25/h2-12H,1H3,(H,19,23)(H,20,21)/b10-9+/t12-/m1/s1. The Morgan fingerprint density at radius 1 is 1.28 bits per heavy atom. The lowest BCUT2D eigenvalue weighted by Gasteiger charge is -2.09. The Bertz CT molecular complexity index is 929. The van der Waals surface area contributed by atoms with Crippen LogP contribution in [0.15, 0.2) is 54.6 Å². The molecule has 0 aliphatic carbocycles. The van der Waals surface area contributed by atoms with Crippen LogP contribution < -0.4 is 5.32 Å². The zero-order valence-corrected chi connectivity index (χ0v) is 13.5. The van der Waals surface area contributed by atoms with Crippen molar-refractivity contribution in [2.45, 2.75) is 13.0 Å². The van der Waals surface area contributed by atoms with Gasteiger partial charge in [-0.05, 0) is 30.7 Å². The number of rotatable bonds is 5. The van der Waals surface area contributed by atoms with Gasteiger partial charge < -0.3 is 10.3 Å². The van der Waals surface area contributed by atoms with Crippen molar-refractivity contribution in [1.29, 1.82) is 0 Å². The molecule has 0 spiro atoms. The van der Waals surface area contributed by atoms with Crippen molar-refractivity contribution in [3.63, 3.8) is 0 Å². The Morgan fingerprint density at radius 2 is 2.08 bits per heavy atom. The molecule has 0 aliphatic rings. The normalized spacial score (nSPS) is 12.4. The number of hydrogen-bond donors (Lipinski definition) is 2. The minimum absolute atomic E-state index is 0.0156. The first-order valence-electron chi connectivity index (χ1n) is 7.70. The van der Waals surface area contributed by atoms with Crippen LogP contribution in [0.1, 0.15) is 24.4 Å². The minimum atomic E-state index is -0.471. The van der Waals surface area contributed by atoms with Crippen LogP contribution >= 0.6 is 0 Å². The average Bonchev–Trinajstić information content (AvgIpc) is 3.04. The number of amides is 1. The number of carbonyl (C=O) groups is 1. The maximum absolute atomic E-state index is 12.1. The number of nitro benzene ring substituents is 1. The van der Waals surface area contributed by atoms with Gasteiger partial charge in [-0.2, -0.15) is 0 Å². The number of aromatic amines is 1. The third-order valence-corrected chi connectivity index (χ3v) is 3.68. The number of imidazole rings is 1. The second-order valence-corrected chi connectivity index (χ2v) is 5.55. The number of nitro groups is 1. The van der Waals surface area contributed by atoms with Crippen molar-refractivity contribution < 1.29 is 9.72 Å². The molecule has 0 saturated heterocycles. The van der Waals surface area contributed by atoms with Crippen LogP contribution in [-0.2, 0) is 4.79 Å². The van der Waals surface area contributed by atoms with Gasteiger partial charge in [0.2, 0.25) is 5.91 Å². The molecule has 2 N–H and O–H groups in total. The zero-order chi connectivity index (χ0) is 17.8. The Hall–Kier alpha value is -3.48. The van der Waals surface area contributed by atoms with Crippen LogP contribution in [0, 0.1) is 10.1 Å². The van der Waals surface area contributed by atoms with Gasteiger partial charge in [0, 0.05) is 18.2 Å². The first kappa shape index (κ1) is 16.4. The number of nitrogens with zero attached hydrogens (tertiary/aromatic N) is 2. The highest BCUT2D eigenvalue weighted by atomic mass is 16.6. The Morgan fingerprint density at radius 3 is 2.84 bits per heavy atom. The number of carbonyl (C=O) groups excluding carboxylic acids is 1. The lowest BCUT2D eigenvalue weighted by atomic mass is 10.2. The topological polar surface area (TPSA) is 101 Å². The molecule has 2 aromatic carbocycles. The van der Waals surface area contributed by atoms with E-state index >= 15 is 0 Å². The zero-order valence-electron chi connectivity index (χ0n) is 13.5. The van der Waals surface area contributed by atoms with E-state index in [1.165, 1.54) is 24.3 Å². The molecular weight excluding hydrogens is 320 g/mol. The molecule has 0 fully saturated rings. The summed E-state index contributed by atoms with van der Waals surface area (Å²) in [7, 11) is 0. The molecule has 0 bridgehead atoms. The first-order chi connectivity index (χ1) is 12.0. The maximum atomic E-state index is 12.1. The van der Waals surface area contributed by atoms with E-state index in [0.29, 0.717) is 11.4 Å². The summed E-state index contributed by atoms with van der Waals surface area (Å²) < 4.78 is 0. The summed E-state index contributed by atoms with van der Waals surface area (Å²) in [5.74, 6) is 0.359. The Balaban J connectivity index is 1.67. The molecule has 25 heavy (non-hydrogen) atoms. The van der Waals surface area contributed by atoms with Crippen LogP contribution in [-0.4, -0.2) is 20.8 Å². The van der Waals surface area contributed by atoms with Crippen LogP contribution in [0.4, 0.5) is 5.69 Å². The molecule has 3 aromatic rings. The second kappa shape index (κ2) is 6.96. The molecule has 7 heteroatoms. The lowest BCUT2D eigenvalue weighted by Crippen LogP contribution is -2.25. The van der Waals surface area contributed by atoms with Gasteiger partial charge in [0.15, 0.2) is 0 Å². The van der Waals surface area contributed by atoms with E-state index in [-0.39, 0.29) is 17.6 Å². The lowest BCUT2D eigenvalue weighted by molar-refractivity contribution is -0.384. The van der Waals surface area contributed by atoms with Gasteiger partial charge >= 0.3 is 0 Å². The van der Waals surface area contributed by atoms with Crippen molar-refractivity contribution in [2.75, 3.05) is 0 Å². The SMILES string of the molecule is C[C@@H](NC(=O)/C=C/c1cccc([N+](=O)[O-])c1)c1nc2ccccc2[nH]1. The number of fused-ring (bicyclic) bond motifs is 1. The van der Waals surface area contributed by atoms with Crippen LogP contribution in [0.25, 0.3) is 17.1 Å². The molecule has 7 nitrogen and oxygen atoms in total. The van der Waals surface area contributed by atoms with E-state index in [1.54, 1.807) is 12.1 Å². The summed E-state index contributed by atoms with van der Waals surface area (Å²) in [5, 5.41) is 13.6. The number of non-ortho nitro benzene ring substituents is 1. The summed E-state index contributed by atoms with van der Waals surface area (Å²) in [5.41, 5.74) is 2.32. The van der Waals surface area contributed by atoms with E-state index in [4.69, 9.17) is 0 Å². The number of aromatic nitrogens is 2. The average molecular weight is 336 g/mol. The van der Waals surface area contributed by atoms with Gasteiger partial charge in [-0.1, -0.05) is 24.3 Å². The van der Waals surface area contributed by atoms with E-state index < -0.39 is 4.92 Å². The molecule has 1 amide bonds. The summed E-state index contributed by atoms with van der Waals surface area (Å²) in [4.78, 5) is 30.0. The monoisotopic (exact) mass is 336 g/mol. The molecule has 126 valence electrons. The molecular formula is C18H16N4O3. The van der Waals surface area contributed by atoms with Gasteiger partial charge in [-0.25, -0.2) is 4.98 Å². The van der Waals surface area contributed by atoms with Gasteiger partial charge in [-0.3, -0.25) is 14.9 Å². The van der Waals surface area contributed by atoms with E-state index in [9.17, 15) is 14.9 Å². The van der Waals surface area contributed by atoms with E-state index in [2.05, 4.69) is 15.3 Å². The number of benzene rings is 2. The molecule has 1 heterocycles. The molecule has 0 aliphatic heterocycles. The van der Waals surface area contributed by atoms with Crippen molar-refractivity contribution in [1.82, 2.24) is 15.3 Å². The number of hydrogen-bond acceptors (Lipinski definition) is 4. The first-order valence-corrected chi connectivity index (χ1v) is 7.70. The van der Waals surface area contributed by atoms with Crippen molar-refractivity contribution in [3.8, 4) is 0 Å². The molecule has 3 rings (SSSR count). The molecule has 1 aromatic heterocycles. The van der Waals surface area contributed by atoms with Crippen LogP contribution in [0.5, 0.6) is 0 Å². The van der Waals surface area contributed by atoms with Gasteiger partial charge in [-0.15, -0.1) is 0 Å². The van der Waals surface area contributed by atoms with Crippen molar-refractivity contribution in [3.05, 3.63) is 76.1 Å². The number of nitrogens with one attached hydrogen (secondary N) is 2. The smallest absolute Gasteiger partial charge is 0.270 e. The summed E-state index contributed by atoms with van der Waals surface area (Å²) in [6, 6.07) is 13.4. The largest absolute Gasteiger partial charge is 0.343 e. The Labute approximate surface area is 143 Å². The molecule has 0 radical (unpaired) electrons. The van der Waals surface area contributed by atoms with Crippen LogP contribution in [0.3, 0.4) is 0 Å². The Kier molecular flexibility index (Phi) is 4.56. The van der Waals surface area contributed by atoms with Gasteiger partial charge in [0.05, 0.1) is 22.0 Å². The second-order valence-electron chi connectivity index (χ2n) is 5.55. The summed E-state index contributed by atoms with van der Waals surface area (Å²) in [6.45, 7) is 1.83. The third-order valence-electron chi connectivity index (χ3n) is 3.68. The van der Waals surface area contributed by atoms with Crippen molar-refractivity contribution in [2.24, 2.45) is 0 Å². The fourth-order valence-electron chi connectivity index (χ4n) is 2.42. The quantitative estimate of drug-likeness (QED) is 0.424. The molecule has 1 atom stereocenters. The predicted molar refractivity (Wildman–Crippen MR) is 94.8 cm³/mol. The van der Waals surface area contributed by atoms with E-state index in [1.807, 2.05) is 31.2 Å². The summed E-state index contributed by atoms with van der Waals surface area (Å²) in [6.07, 6.45) is 2.88. The number of H-pyrrole nitrogens is 1. The molecule has 0 unspecified atom stereocenters. The highest BCUT2D eigenvalue weighted by molar-refractivity contribution is 5.92. The van der Waals surface area contributed by atoms with Crippen LogP contribution in [0.2, 0.25) is 0 Å². The highest BCUT2D eigenvalue weighted by Gasteiger charge is 2.12. The van der Waals surface area contributed by atoms with Gasteiger partial charge in [0.25, 0.3) is 5.69 Å².